The Balaban J connectivity index is 1.85. The molecule has 14 heavy (non-hydrogen) atoms. The largest absolute Gasteiger partial charge is 0.394 e. The van der Waals surface area contributed by atoms with E-state index >= 15 is 0 Å². The molecule has 1 aromatic rings. The van der Waals surface area contributed by atoms with Crippen LogP contribution in [0.2, 0.25) is 0 Å². The predicted molar refractivity (Wildman–Crippen MR) is 56.3 cm³/mol. The quantitative estimate of drug-likeness (QED) is 0.626. The van der Waals surface area contributed by atoms with Gasteiger partial charge >= 0.3 is 0 Å². The van der Waals surface area contributed by atoms with Crippen LogP contribution in [0.4, 0.5) is 0 Å². The van der Waals surface area contributed by atoms with Crippen molar-refractivity contribution in [2.24, 2.45) is 0 Å². The molecule has 0 spiro atoms. The lowest BCUT2D eigenvalue weighted by molar-refractivity contribution is 0.0907. The summed E-state index contributed by atoms with van der Waals surface area (Å²) >= 11 is 1.66. The summed E-state index contributed by atoms with van der Waals surface area (Å²) in [7, 11) is 0. The molecule has 0 fully saturated rings. The number of aliphatic hydroxyl groups is 1. The average Bonchev–Trinajstić information content (AvgIpc) is 2.69. The highest BCUT2D eigenvalue weighted by molar-refractivity contribution is 7.09. The fourth-order valence-electron chi connectivity index (χ4n) is 1.01. The molecule has 0 aromatic carbocycles. The van der Waals surface area contributed by atoms with Gasteiger partial charge in [-0.25, -0.2) is 0 Å². The van der Waals surface area contributed by atoms with Gasteiger partial charge in [-0.1, -0.05) is 0 Å². The van der Waals surface area contributed by atoms with Crippen molar-refractivity contribution in [1.29, 1.82) is 0 Å². The van der Waals surface area contributed by atoms with Gasteiger partial charge in [0, 0.05) is 24.2 Å². The molecule has 1 rings (SSSR count). The van der Waals surface area contributed by atoms with Crippen LogP contribution in [-0.2, 0) is 11.3 Å². The van der Waals surface area contributed by atoms with E-state index in [0.29, 0.717) is 13.2 Å². The summed E-state index contributed by atoms with van der Waals surface area (Å²) in [5.41, 5.74) is 1.83. The molecule has 0 saturated carbocycles. The summed E-state index contributed by atoms with van der Waals surface area (Å²) in [6.45, 7) is 3.06. The summed E-state index contributed by atoms with van der Waals surface area (Å²) in [6, 6.07) is 0. The number of aliphatic hydroxyl groups excluding tert-OH is 1. The molecule has 1 heterocycles. The summed E-state index contributed by atoms with van der Waals surface area (Å²) in [5, 5.41) is 11.7. The highest BCUT2D eigenvalue weighted by Crippen LogP contribution is 2.03. The van der Waals surface area contributed by atoms with E-state index in [1.807, 2.05) is 11.7 Å². The molecule has 0 aliphatic carbocycles. The molecule has 0 aliphatic rings. The summed E-state index contributed by atoms with van der Waals surface area (Å²) in [4.78, 5) is 5.24. The number of hydrogen-bond acceptors (Lipinski definition) is 5. The lowest BCUT2D eigenvalue weighted by Crippen LogP contribution is -2.16. The lowest BCUT2D eigenvalue weighted by Gasteiger charge is -2.03. The molecule has 0 radical (unpaired) electrons. The van der Waals surface area contributed by atoms with Gasteiger partial charge < -0.3 is 15.2 Å². The second kappa shape index (κ2) is 7.87. The molecule has 80 valence electrons. The van der Waals surface area contributed by atoms with Crippen molar-refractivity contribution in [2.45, 2.75) is 13.0 Å². The average molecular weight is 216 g/mol. The molecule has 0 saturated heterocycles. The molecule has 0 unspecified atom stereocenters. The van der Waals surface area contributed by atoms with Crippen molar-refractivity contribution >= 4 is 11.3 Å². The third-order valence-corrected chi connectivity index (χ3v) is 2.44. The number of nitrogens with one attached hydrogen (secondary N) is 1. The van der Waals surface area contributed by atoms with Crippen LogP contribution in [0.25, 0.3) is 0 Å². The zero-order valence-corrected chi connectivity index (χ0v) is 8.92. The molecular formula is C9H16N2O2S. The zero-order chi connectivity index (χ0) is 10.1. The maximum absolute atomic E-state index is 8.45. The maximum atomic E-state index is 8.45. The van der Waals surface area contributed by atoms with Crippen molar-refractivity contribution in [3.63, 3.8) is 0 Å². The Morgan fingerprint density at radius 1 is 1.50 bits per heavy atom. The maximum Gasteiger partial charge on any atom is 0.0794 e. The molecule has 0 atom stereocenters. The molecule has 2 N–H and O–H groups in total. The summed E-state index contributed by atoms with van der Waals surface area (Å²) < 4.78 is 5.12. The van der Waals surface area contributed by atoms with Crippen LogP contribution in [0.3, 0.4) is 0 Å². The minimum atomic E-state index is 0.105. The van der Waals surface area contributed by atoms with Crippen LogP contribution in [0.15, 0.2) is 11.7 Å². The van der Waals surface area contributed by atoms with Crippen LogP contribution in [-0.4, -0.2) is 36.5 Å². The van der Waals surface area contributed by atoms with Gasteiger partial charge in [0.2, 0.25) is 0 Å². The van der Waals surface area contributed by atoms with Gasteiger partial charge in [-0.15, -0.1) is 11.3 Å². The van der Waals surface area contributed by atoms with Crippen molar-refractivity contribution in [3.05, 3.63) is 16.6 Å². The Morgan fingerprint density at radius 2 is 2.43 bits per heavy atom. The van der Waals surface area contributed by atoms with E-state index in [-0.39, 0.29) is 6.61 Å². The minimum absolute atomic E-state index is 0.105. The first-order chi connectivity index (χ1) is 6.93. The highest BCUT2D eigenvalue weighted by atomic mass is 32.1. The number of ether oxygens (including phenoxy) is 1. The normalized spacial score (nSPS) is 10.6. The van der Waals surface area contributed by atoms with Crippen LogP contribution in [0.5, 0.6) is 0 Å². The van der Waals surface area contributed by atoms with E-state index in [1.165, 1.54) is 4.88 Å². The topological polar surface area (TPSA) is 54.4 Å². The first-order valence-corrected chi connectivity index (χ1v) is 5.58. The highest BCUT2D eigenvalue weighted by Gasteiger charge is 1.93. The number of rotatable bonds is 8. The van der Waals surface area contributed by atoms with Gasteiger partial charge in [-0.05, 0) is 13.0 Å². The van der Waals surface area contributed by atoms with E-state index in [4.69, 9.17) is 9.84 Å². The van der Waals surface area contributed by atoms with E-state index in [2.05, 4.69) is 10.3 Å². The zero-order valence-electron chi connectivity index (χ0n) is 8.11. The van der Waals surface area contributed by atoms with E-state index < -0.39 is 0 Å². The third-order valence-electron chi connectivity index (χ3n) is 1.66. The Hall–Kier alpha value is -0.490. The molecular weight excluding hydrogens is 200 g/mol. The first kappa shape index (κ1) is 11.6. The molecule has 5 heteroatoms. The minimum Gasteiger partial charge on any atom is -0.394 e. The van der Waals surface area contributed by atoms with Gasteiger partial charge in [-0.2, -0.15) is 0 Å². The van der Waals surface area contributed by atoms with E-state index in [9.17, 15) is 0 Å². The van der Waals surface area contributed by atoms with Crippen LogP contribution < -0.4 is 5.32 Å². The number of nitrogens with zero attached hydrogens (tertiary/aromatic N) is 1. The fourth-order valence-corrected chi connectivity index (χ4v) is 1.57. The molecule has 4 nitrogen and oxygen atoms in total. The Labute approximate surface area is 87.9 Å². The van der Waals surface area contributed by atoms with Crippen molar-refractivity contribution < 1.29 is 9.84 Å². The molecule has 0 aliphatic heterocycles. The smallest absolute Gasteiger partial charge is 0.0794 e. The summed E-state index contributed by atoms with van der Waals surface area (Å²) in [5.74, 6) is 0. The second-order valence-electron chi connectivity index (χ2n) is 2.83. The molecule has 0 amide bonds. The SMILES string of the molecule is OCCOCCCNCc1cncs1. The van der Waals surface area contributed by atoms with Crippen LogP contribution in [0, 0.1) is 0 Å². The number of aromatic nitrogens is 1. The Kier molecular flexibility index (Phi) is 6.51. The standard InChI is InChI=1S/C9H16N2O2S/c12-3-5-13-4-1-2-10-6-9-7-11-8-14-9/h7-8,10,12H,1-6H2. The Morgan fingerprint density at radius 3 is 3.14 bits per heavy atom. The first-order valence-electron chi connectivity index (χ1n) is 4.70. The van der Waals surface area contributed by atoms with Crippen LogP contribution >= 0.6 is 11.3 Å². The third kappa shape index (κ3) is 5.29. The monoisotopic (exact) mass is 216 g/mol. The van der Waals surface area contributed by atoms with E-state index in [0.717, 1.165) is 19.5 Å². The Bertz CT molecular complexity index is 217. The van der Waals surface area contributed by atoms with E-state index in [1.54, 1.807) is 11.3 Å². The number of thiazole rings is 1. The van der Waals surface area contributed by atoms with Crippen LogP contribution in [0.1, 0.15) is 11.3 Å². The second-order valence-corrected chi connectivity index (χ2v) is 3.80. The molecule has 0 bridgehead atoms. The van der Waals surface area contributed by atoms with Gasteiger partial charge in [-0.3, -0.25) is 4.98 Å². The lowest BCUT2D eigenvalue weighted by atomic mass is 10.4. The van der Waals surface area contributed by atoms with Gasteiger partial charge in [0.1, 0.15) is 0 Å². The van der Waals surface area contributed by atoms with Gasteiger partial charge in [0.05, 0.1) is 18.7 Å². The summed E-state index contributed by atoms with van der Waals surface area (Å²) in [6.07, 6.45) is 2.85. The van der Waals surface area contributed by atoms with Crippen molar-refractivity contribution in [2.75, 3.05) is 26.4 Å². The van der Waals surface area contributed by atoms with Gasteiger partial charge in [0.25, 0.3) is 0 Å². The van der Waals surface area contributed by atoms with Gasteiger partial charge in [0.15, 0.2) is 0 Å². The number of hydrogen-bond donors (Lipinski definition) is 2. The van der Waals surface area contributed by atoms with Crippen molar-refractivity contribution in [3.8, 4) is 0 Å². The molecule has 1 aromatic heterocycles. The predicted octanol–water partition coefficient (Wildman–Crippen LogP) is 0.632. The fraction of sp³-hybridized carbons (Fsp3) is 0.667. The van der Waals surface area contributed by atoms with Crippen molar-refractivity contribution in [1.82, 2.24) is 10.3 Å².